The molecule has 0 bridgehead atoms. The molecule has 0 aliphatic rings. The van der Waals surface area contributed by atoms with Gasteiger partial charge in [-0.2, -0.15) is 5.10 Å². The predicted molar refractivity (Wildman–Crippen MR) is 253 cm³/mol. The summed E-state index contributed by atoms with van der Waals surface area (Å²) >= 11 is 0. The van der Waals surface area contributed by atoms with Crippen LogP contribution < -0.4 is 0 Å². The molecule has 0 fully saturated rings. The highest BCUT2D eigenvalue weighted by Gasteiger charge is 2.22. The maximum atomic E-state index is 5.44. The van der Waals surface area contributed by atoms with Gasteiger partial charge in [-0.1, -0.05) is 188 Å². The van der Waals surface area contributed by atoms with Crippen LogP contribution in [0.15, 0.2) is 218 Å². The van der Waals surface area contributed by atoms with E-state index in [0.717, 1.165) is 78.0 Å². The Kier molecular flexibility index (Phi) is 8.38. The summed E-state index contributed by atoms with van der Waals surface area (Å²) in [5, 5.41) is 10.2. The second-order valence-corrected chi connectivity index (χ2v) is 15.5. The van der Waals surface area contributed by atoms with Crippen LogP contribution in [0.2, 0.25) is 0 Å². The van der Waals surface area contributed by atoms with Crippen LogP contribution in [0.4, 0.5) is 0 Å². The Hall–Kier alpha value is -8.48. The van der Waals surface area contributed by atoms with Crippen LogP contribution in [0.3, 0.4) is 0 Å². The van der Waals surface area contributed by atoms with Gasteiger partial charge in [0, 0.05) is 55.2 Å². The van der Waals surface area contributed by atoms with Gasteiger partial charge in [0.2, 0.25) is 0 Å². The largest absolute Gasteiger partial charge is 0.309 e. The van der Waals surface area contributed by atoms with Gasteiger partial charge in [-0.05, 0) is 41.3 Å². The molecule has 290 valence electrons. The molecule has 0 atom stereocenters. The first kappa shape index (κ1) is 35.5. The van der Waals surface area contributed by atoms with E-state index in [1.807, 2.05) is 30.3 Å². The van der Waals surface area contributed by atoms with Crippen molar-refractivity contribution in [1.29, 1.82) is 0 Å². The second kappa shape index (κ2) is 14.7. The monoisotopic (exact) mass is 792 g/mol. The molecule has 6 nitrogen and oxygen atoms in total. The lowest BCUT2D eigenvalue weighted by molar-refractivity contribution is 0.979. The van der Waals surface area contributed by atoms with Crippen LogP contribution in [0.25, 0.3) is 112 Å². The van der Waals surface area contributed by atoms with Crippen molar-refractivity contribution in [3.8, 4) is 73.5 Å². The molecule has 0 N–H and O–H groups in total. The Labute approximate surface area is 357 Å². The van der Waals surface area contributed by atoms with Gasteiger partial charge in [-0.3, -0.25) is 0 Å². The summed E-state index contributed by atoms with van der Waals surface area (Å²) in [7, 11) is 0. The van der Waals surface area contributed by atoms with Gasteiger partial charge in [-0.25, -0.2) is 19.5 Å². The lowest BCUT2D eigenvalue weighted by atomic mass is 9.96. The Bertz CT molecular complexity index is 3560. The molecule has 12 rings (SSSR count). The minimum Gasteiger partial charge on any atom is -0.309 e. The predicted octanol–water partition coefficient (Wildman–Crippen LogP) is 13.8. The zero-order chi connectivity index (χ0) is 41.0. The fourth-order valence-corrected chi connectivity index (χ4v) is 8.90. The summed E-state index contributed by atoms with van der Waals surface area (Å²) in [6.07, 6.45) is 0. The first-order valence-corrected chi connectivity index (χ1v) is 20.8. The highest BCUT2D eigenvalue weighted by atomic mass is 15.2. The van der Waals surface area contributed by atoms with Crippen LogP contribution in [0, 0.1) is 0 Å². The van der Waals surface area contributed by atoms with Gasteiger partial charge < -0.3 is 4.57 Å². The number of hydrogen-bond donors (Lipinski definition) is 0. The van der Waals surface area contributed by atoms with Gasteiger partial charge >= 0.3 is 0 Å². The molecule has 0 aliphatic carbocycles. The fourth-order valence-electron chi connectivity index (χ4n) is 8.90. The third-order valence-corrected chi connectivity index (χ3v) is 11.8. The van der Waals surface area contributed by atoms with Gasteiger partial charge in [0.25, 0.3) is 0 Å². The lowest BCUT2D eigenvalue weighted by Crippen LogP contribution is -2.01. The van der Waals surface area contributed by atoms with E-state index in [-0.39, 0.29) is 0 Å². The molecule has 0 aliphatic heterocycles. The topological polar surface area (TPSA) is 60.9 Å². The van der Waals surface area contributed by atoms with E-state index in [1.54, 1.807) is 0 Å². The number of pyridine rings is 1. The SMILES string of the molecule is c1ccc(-c2nc(-c3ccc(-c4nn5c(-c6ccccc6)cc6ccccc6c5c4-c4ccccc4)cc3)nc(-c3cccc(-n4c5ccccc5c5ccccc54)c3)n2)cc1. The van der Waals surface area contributed by atoms with E-state index in [9.17, 15) is 0 Å². The summed E-state index contributed by atoms with van der Waals surface area (Å²) in [6.45, 7) is 0. The van der Waals surface area contributed by atoms with Gasteiger partial charge in [0.05, 0.1) is 22.2 Å². The maximum Gasteiger partial charge on any atom is 0.164 e. The van der Waals surface area contributed by atoms with Crippen LogP contribution in [-0.2, 0) is 0 Å². The van der Waals surface area contributed by atoms with Crippen LogP contribution in [0.1, 0.15) is 0 Å². The molecule has 6 heteroatoms. The summed E-state index contributed by atoms with van der Waals surface area (Å²) < 4.78 is 4.45. The normalized spacial score (nSPS) is 11.5. The molecule has 8 aromatic carbocycles. The number of aromatic nitrogens is 6. The Morgan fingerprint density at radius 2 is 0.823 bits per heavy atom. The maximum absolute atomic E-state index is 5.44. The van der Waals surface area contributed by atoms with Crippen molar-refractivity contribution in [3.05, 3.63) is 218 Å². The van der Waals surface area contributed by atoms with Gasteiger partial charge in [-0.15, -0.1) is 0 Å². The number of rotatable bonds is 7. The van der Waals surface area contributed by atoms with E-state index in [1.165, 1.54) is 16.2 Å². The Morgan fingerprint density at radius 3 is 1.47 bits per heavy atom. The zero-order valence-corrected chi connectivity index (χ0v) is 33.5. The van der Waals surface area contributed by atoms with E-state index in [2.05, 4.69) is 197 Å². The second-order valence-electron chi connectivity index (χ2n) is 15.5. The van der Waals surface area contributed by atoms with Crippen molar-refractivity contribution in [3.63, 3.8) is 0 Å². The molecule has 0 saturated carbocycles. The average Bonchev–Trinajstić information content (AvgIpc) is 3.92. The van der Waals surface area contributed by atoms with E-state index < -0.39 is 0 Å². The molecule has 4 aromatic heterocycles. The van der Waals surface area contributed by atoms with Crippen molar-refractivity contribution >= 4 is 38.1 Å². The van der Waals surface area contributed by atoms with Gasteiger partial charge in [0.1, 0.15) is 5.69 Å². The summed E-state index contributed by atoms with van der Waals surface area (Å²) in [5.74, 6) is 1.81. The van der Waals surface area contributed by atoms with Crippen molar-refractivity contribution in [2.45, 2.75) is 0 Å². The molecule has 12 aromatic rings. The fraction of sp³-hybridized carbons (Fsp3) is 0. The molecule has 0 spiro atoms. The minimum absolute atomic E-state index is 0.596. The molecule has 0 amide bonds. The third kappa shape index (κ3) is 5.96. The minimum atomic E-state index is 0.596. The lowest BCUT2D eigenvalue weighted by Gasteiger charge is -2.12. The molecule has 4 heterocycles. The first-order valence-electron chi connectivity index (χ1n) is 20.8. The highest BCUT2D eigenvalue weighted by Crippen LogP contribution is 2.41. The summed E-state index contributed by atoms with van der Waals surface area (Å²) in [4.78, 5) is 15.4. The quantitative estimate of drug-likeness (QED) is 0.161. The van der Waals surface area contributed by atoms with Crippen molar-refractivity contribution in [1.82, 2.24) is 29.1 Å². The highest BCUT2D eigenvalue weighted by molar-refractivity contribution is 6.10. The van der Waals surface area contributed by atoms with Crippen LogP contribution in [-0.4, -0.2) is 29.1 Å². The zero-order valence-electron chi connectivity index (χ0n) is 33.5. The van der Waals surface area contributed by atoms with Crippen molar-refractivity contribution < 1.29 is 0 Å². The molecular weight excluding hydrogens is 757 g/mol. The first-order chi connectivity index (χ1) is 30.7. The van der Waals surface area contributed by atoms with Gasteiger partial charge in [0.15, 0.2) is 17.5 Å². The molecule has 0 unspecified atom stereocenters. The molecule has 0 saturated heterocycles. The number of fused-ring (bicyclic) bond motifs is 6. The van der Waals surface area contributed by atoms with Crippen LogP contribution in [0.5, 0.6) is 0 Å². The number of benzene rings is 8. The van der Waals surface area contributed by atoms with Crippen molar-refractivity contribution in [2.24, 2.45) is 0 Å². The number of hydrogen-bond acceptors (Lipinski definition) is 4. The third-order valence-electron chi connectivity index (χ3n) is 11.8. The molecule has 62 heavy (non-hydrogen) atoms. The Morgan fingerprint density at radius 1 is 0.339 bits per heavy atom. The average molecular weight is 793 g/mol. The molecule has 0 radical (unpaired) electrons. The van der Waals surface area contributed by atoms with Crippen LogP contribution >= 0.6 is 0 Å². The number of para-hydroxylation sites is 2. The Balaban J connectivity index is 1.01. The summed E-state index contributed by atoms with van der Waals surface area (Å²) in [6, 6.07) is 76.2. The summed E-state index contributed by atoms with van der Waals surface area (Å²) in [5.41, 5.74) is 13.4. The molecular formula is C56H36N6. The number of nitrogens with zero attached hydrogens (tertiary/aromatic N) is 6. The smallest absolute Gasteiger partial charge is 0.164 e. The standard InChI is InChI=1S/C56H36N6/c1-4-17-37(18-5-1)50-36-42-23-10-11-26-45(42)53-51(38-19-6-2-7-20-38)52(60-62(50)53)39-31-33-41(34-32-39)55-57-54(40-21-8-3-9-22-40)58-56(59-55)43-24-16-25-44(35-43)61-48-29-14-12-27-46(48)47-28-13-15-30-49(47)61/h1-36H. The van der Waals surface area contributed by atoms with Crippen molar-refractivity contribution in [2.75, 3.05) is 0 Å². The van der Waals surface area contributed by atoms with E-state index >= 15 is 0 Å². The van der Waals surface area contributed by atoms with E-state index in [0.29, 0.717) is 17.5 Å². The van der Waals surface area contributed by atoms with E-state index in [4.69, 9.17) is 20.1 Å².